The van der Waals surface area contributed by atoms with Gasteiger partial charge in [-0.1, -0.05) is 0 Å². The molecular weight excluding hydrogens is 691 g/mol. The van der Waals surface area contributed by atoms with Gasteiger partial charge >= 0.3 is 248 Å². The molecule has 1 fully saturated rings. The minimum absolute atomic E-state index is 0. The Balaban J connectivity index is 0.00000506. The molecule has 5 atom stereocenters. The molecule has 0 saturated carbocycles. The van der Waals surface area contributed by atoms with E-state index in [1.807, 2.05) is 0 Å². The molecule has 1 heterocycles. The molecule has 0 radical (unpaired) electrons. The number of carbonyl (C=O) groups is 4. The Morgan fingerprint density at radius 3 is 1.60 bits per heavy atom. The molecule has 0 amide bonds. The quantitative estimate of drug-likeness (QED) is 0.0768. The van der Waals surface area contributed by atoms with Crippen LogP contribution < -0.4 is 28.1 Å². The number of esters is 4. The van der Waals surface area contributed by atoms with Crippen LogP contribution >= 0.6 is 0 Å². The first kappa shape index (κ1) is 33.5. The molecule has 1 aliphatic rings. The van der Waals surface area contributed by atoms with Gasteiger partial charge in [-0.25, -0.2) is 0 Å². The van der Waals surface area contributed by atoms with Crippen LogP contribution in [-0.4, -0.2) is 79.6 Å². The summed E-state index contributed by atoms with van der Waals surface area (Å²) in [5.74, 6) is -2.89. The molecule has 0 aliphatic carbocycles. The van der Waals surface area contributed by atoms with Crippen molar-refractivity contribution in [2.75, 3.05) is 6.61 Å². The molecule has 0 bridgehead atoms. The van der Waals surface area contributed by atoms with E-state index in [-0.39, 0.29) is 38.4 Å². The molecule has 0 unspecified atom stereocenters. The van der Waals surface area contributed by atoms with Crippen molar-refractivity contribution < 1.29 is 65.3 Å². The molecule has 3 aromatic carbocycles. The SMILES string of the molecule is CC(=O)O[C@H]1[C@@H](OC(=O)c2ccccc2)[C@H](OC(=O)c2ccccc2)[C@@H](COC(=O)c2ccccc2)O[C@@H]1[Se]C(N)=[NH2+].[Br-]. The number of hydrogen-bond acceptors (Lipinski definition) is 9. The Labute approximate surface area is 264 Å². The fourth-order valence-corrected chi connectivity index (χ4v) is 5.88. The van der Waals surface area contributed by atoms with E-state index in [2.05, 4.69) is 0 Å². The van der Waals surface area contributed by atoms with Gasteiger partial charge in [0, 0.05) is 0 Å². The van der Waals surface area contributed by atoms with Gasteiger partial charge in [0.15, 0.2) is 0 Å². The van der Waals surface area contributed by atoms with Gasteiger partial charge in [-0.15, -0.1) is 0 Å². The van der Waals surface area contributed by atoms with Crippen molar-refractivity contribution in [3.63, 3.8) is 0 Å². The molecular formula is C30H29BrN2O9Se. The van der Waals surface area contributed by atoms with E-state index < -0.39 is 74.9 Å². The third-order valence-electron chi connectivity index (χ3n) is 6.04. The summed E-state index contributed by atoms with van der Waals surface area (Å²) in [7, 11) is 0. The number of carbonyl (C=O) groups excluding carboxylic acids is 4. The van der Waals surface area contributed by atoms with Crippen molar-refractivity contribution in [1.29, 1.82) is 0 Å². The van der Waals surface area contributed by atoms with E-state index in [1.165, 1.54) is 6.92 Å². The second-order valence-corrected chi connectivity index (χ2v) is 11.5. The average molecular weight is 720 g/mol. The van der Waals surface area contributed by atoms with Crippen LogP contribution in [0.15, 0.2) is 91.0 Å². The van der Waals surface area contributed by atoms with Crippen LogP contribution in [0.1, 0.15) is 38.0 Å². The average Bonchev–Trinajstić information content (AvgIpc) is 2.99. The van der Waals surface area contributed by atoms with Gasteiger partial charge < -0.3 is 17.0 Å². The van der Waals surface area contributed by atoms with Gasteiger partial charge in [-0.05, 0) is 0 Å². The fourth-order valence-electron chi connectivity index (χ4n) is 4.18. The monoisotopic (exact) mass is 720 g/mol. The fraction of sp³-hybridized carbons (Fsp3) is 0.233. The second kappa shape index (κ2) is 16.0. The number of rotatable bonds is 10. The summed E-state index contributed by atoms with van der Waals surface area (Å²) in [6.45, 7) is 0.776. The van der Waals surface area contributed by atoms with Crippen LogP contribution in [0.25, 0.3) is 0 Å². The first-order valence-corrected chi connectivity index (χ1v) is 14.7. The maximum Gasteiger partial charge on any atom is -1.00 e. The molecule has 11 nitrogen and oxygen atoms in total. The van der Waals surface area contributed by atoms with Crippen LogP contribution in [0.4, 0.5) is 0 Å². The summed E-state index contributed by atoms with van der Waals surface area (Å²) < 4.78 is 29.0. The number of benzene rings is 3. The Hall–Kier alpha value is -4.03. The van der Waals surface area contributed by atoms with Crippen LogP contribution in [0, 0.1) is 0 Å². The van der Waals surface area contributed by atoms with E-state index in [0.717, 1.165) is 0 Å². The largest absolute Gasteiger partial charge is 1.00 e. The van der Waals surface area contributed by atoms with Crippen LogP contribution in [0.5, 0.6) is 0 Å². The standard InChI is InChI=1S/C30H28N2O9Se.BrH/c1-18(33)38-25-24(41-28(36)21-15-9-4-10-16-21)23(40-27(35)20-13-7-3-8-14-20)22(39-29(25)42-30(31)32)17-37-26(34)19-11-5-2-6-12-19;/h2-16,22-25,29H,17H2,1H3,(H3,31,32);1H/t22-,23-,24+,25+,29-;/m1./s1. The van der Waals surface area contributed by atoms with Crippen LogP contribution in [0.3, 0.4) is 0 Å². The summed E-state index contributed by atoms with van der Waals surface area (Å²) in [5, 5.41) is 4.83. The van der Waals surface area contributed by atoms with Crippen LogP contribution in [-0.2, 0) is 28.5 Å². The number of hydrogen-bond donors (Lipinski definition) is 2. The first-order valence-electron chi connectivity index (χ1n) is 12.8. The van der Waals surface area contributed by atoms with E-state index in [9.17, 15) is 19.2 Å². The predicted molar refractivity (Wildman–Crippen MR) is 149 cm³/mol. The molecule has 0 aromatic heterocycles. The predicted octanol–water partition coefficient (Wildman–Crippen LogP) is -2.27. The van der Waals surface area contributed by atoms with Gasteiger partial charge in [-0.2, -0.15) is 0 Å². The van der Waals surface area contributed by atoms with Crippen molar-refractivity contribution in [2.24, 2.45) is 5.73 Å². The number of nitrogens with two attached hydrogens (primary N) is 2. The van der Waals surface area contributed by atoms with Crippen LogP contribution in [0.2, 0.25) is 0 Å². The minimum Gasteiger partial charge on any atom is -1.00 e. The smallest absolute Gasteiger partial charge is 1.00 e. The summed E-state index contributed by atoms with van der Waals surface area (Å²) in [6.07, 6.45) is -5.16. The number of amidine groups is 1. The molecule has 1 aliphatic heterocycles. The Morgan fingerprint density at radius 1 is 0.721 bits per heavy atom. The molecule has 43 heavy (non-hydrogen) atoms. The minimum atomic E-state index is -1.38. The topological polar surface area (TPSA) is 166 Å². The Morgan fingerprint density at radius 2 is 1.16 bits per heavy atom. The van der Waals surface area contributed by atoms with Crippen molar-refractivity contribution in [3.05, 3.63) is 108 Å². The summed E-state index contributed by atoms with van der Waals surface area (Å²) in [4.78, 5) is 51.4. The third kappa shape index (κ3) is 9.23. The van der Waals surface area contributed by atoms with Crippen molar-refractivity contribution in [1.82, 2.24) is 0 Å². The molecule has 13 heteroatoms. The van der Waals surface area contributed by atoms with Gasteiger partial charge in [0.2, 0.25) is 0 Å². The van der Waals surface area contributed by atoms with Crippen molar-refractivity contribution in [3.8, 4) is 0 Å². The summed E-state index contributed by atoms with van der Waals surface area (Å²) in [5.41, 5.74) is 6.52. The van der Waals surface area contributed by atoms with E-state index in [4.69, 9.17) is 34.8 Å². The molecule has 226 valence electrons. The van der Waals surface area contributed by atoms with Crippen molar-refractivity contribution in [2.45, 2.75) is 36.3 Å². The van der Waals surface area contributed by atoms with E-state index in [0.29, 0.717) is 0 Å². The Bertz CT molecular complexity index is 1410. The Kier molecular flexibility index (Phi) is 12.4. The molecule has 0 spiro atoms. The molecule has 4 rings (SSSR count). The zero-order valence-corrected chi connectivity index (χ0v) is 26.2. The molecule has 4 N–H and O–H groups in total. The molecule has 3 aromatic rings. The number of ether oxygens (including phenoxy) is 5. The summed E-state index contributed by atoms with van der Waals surface area (Å²) in [6, 6.07) is 24.5. The van der Waals surface area contributed by atoms with Gasteiger partial charge in [-0.3, -0.25) is 0 Å². The van der Waals surface area contributed by atoms with Gasteiger partial charge in [0.05, 0.1) is 0 Å². The maximum absolute atomic E-state index is 13.3. The van der Waals surface area contributed by atoms with Crippen molar-refractivity contribution >= 4 is 43.6 Å². The second-order valence-electron chi connectivity index (χ2n) is 9.07. The van der Waals surface area contributed by atoms with Gasteiger partial charge in [0.25, 0.3) is 0 Å². The van der Waals surface area contributed by atoms with E-state index >= 15 is 0 Å². The zero-order valence-electron chi connectivity index (χ0n) is 22.9. The third-order valence-corrected chi connectivity index (χ3v) is 7.89. The number of halogens is 1. The van der Waals surface area contributed by atoms with E-state index in [1.54, 1.807) is 91.0 Å². The van der Waals surface area contributed by atoms with Gasteiger partial charge in [0.1, 0.15) is 0 Å². The molecule has 1 saturated heterocycles. The summed E-state index contributed by atoms with van der Waals surface area (Å²) >= 11 is -0.798. The first-order chi connectivity index (χ1) is 20.2. The maximum atomic E-state index is 13.3. The zero-order chi connectivity index (χ0) is 30.1. The normalized spacial score (nSPS) is 20.9.